The van der Waals surface area contributed by atoms with Crippen LogP contribution in [0.4, 0.5) is 11.4 Å². The number of benzene rings is 3. The lowest BCUT2D eigenvalue weighted by atomic mass is 10.1. The summed E-state index contributed by atoms with van der Waals surface area (Å²) in [5, 5.41) is 19.3. The Bertz CT molecular complexity index is 1710. The first-order valence-corrected chi connectivity index (χ1v) is 13.5. The van der Waals surface area contributed by atoms with Crippen LogP contribution in [0.15, 0.2) is 69.0 Å². The van der Waals surface area contributed by atoms with Crippen molar-refractivity contribution in [2.24, 2.45) is 5.10 Å². The van der Waals surface area contributed by atoms with Crippen LogP contribution in [0.2, 0.25) is 5.02 Å². The Kier molecular flexibility index (Phi) is 8.96. The fourth-order valence-corrected chi connectivity index (χ4v) is 4.51. The van der Waals surface area contributed by atoms with Gasteiger partial charge in [-0.3, -0.25) is 19.7 Å². The summed E-state index contributed by atoms with van der Waals surface area (Å²) < 4.78 is 7.52. The smallest absolute Gasteiger partial charge is 0.313 e. The van der Waals surface area contributed by atoms with Crippen LogP contribution in [-0.4, -0.2) is 33.3 Å². The van der Waals surface area contributed by atoms with Crippen LogP contribution in [0.3, 0.4) is 0 Å². The molecule has 1 N–H and O–H groups in total. The molecule has 0 spiro atoms. The first-order valence-electron chi connectivity index (χ1n) is 12.3. The molecule has 0 saturated heterocycles. The number of nitro benzene ring substituents is 1. The maximum absolute atomic E-state index is 13.5. The Labute approximate surface area is 242 Å². The molecule has 1 aromatic heterocycles. The van der Waals surface area contributed by atoms with Gasteiger partial charge in [0.15, 0.2) is 6.61 Å². The molecular formula is C28H25BrClN5O5. The molecule has 10 nitrogen and oxygen atoms in total. The number of halogens is 2. The summed E-state index contributed by atoms with van der Waals surface area (Å²) in [4.78, 5) is 41.9. The quantitative estimate of drug-likeness (QED) is 0.129. The van der Waals surface area contributed by atoms with Gasteiger partial charge in [0.2, 0.25) is 5.75 Å². The third kappa shape index (κ3) is 6.37. The number of fused-ring (bicyclic) bond motifs is 1. The van der Waals surface area contributed by atoms with Crippen molar-refractivity contribution in [3.05, 3.63) is 102 Å². The zero-order valence-corrected chi connectivity index (χ0v) is 24.2. The summed E-state index contributed by atoms with van der Waals surface area (Å²) in [6.45, 7) is 5.21. The minimum atomic E-state index is -0.663. The molecule has 12 heteroatoms. The van der Waals surface area contributed by atoms with Gasteiger partial charge in [0.05, 0.1) is 22.0 Å². The Hall–Kier alpha value is -4.09. The highest BCUT2D eigenvalue weighted by molar-refractivity contribution is 9.10. The lowest BCUT2D eigenvalue weighted by Crippen LogP contribution is -2.24. The highest BCUT2D eigenvalue weighted by Crippen LogP contribution is 2.34. The van der Waals surface area contributed by atoms with Crippen LogP contribution in [0, 0.1) is 17.0 Å². The van der Waals surface area contributed by atoms with Gasteiger partial charge in [0.1, 0.15) is 5.82 Å². The SMILES string of the molecule is CC[C@@H](C)c1nc2ccc(Br)cc2c(=O)n1N=Cc1cc(Cl)cc([N+](=O)[O-])c1OCC(=O)Nc1ccccc1C. The normalized spacial score (nSPS) is 12.0. The highest BCUT2D eigenvalue weighted by Gasteiger charge is 2.22. The second-order valence-corrected chi connectivity index (χ2v) is 10.4. The number of para-hydroxylation sites is 1. The van der Waals surface area contributed by atoms with Crippen molar-refractivity contribution >= 4 is 61.9 Å². The van der Waals surface area contributed by atoms with Crippen molar-refractivity contribution in [2.45, 2.75) is 33.1 Å². The van der Waals surface area contributed by atoms with Crippen molar-refractivity contribution in [3.63, 3.8) is 0 Å². The number of rotatable bonds is 9. The molecule has 0 aliphatic heterocycles. The van der Waals surface area contributed by atoms with Crippen molar-refractivity contribution in [3.8, 4) is 5.75 Å². The summed E-state index contributed by atoms with van der Waals surface area (Å²) >= 11 is 9.56. The maximum Gasteiger partial charge on any atom is 0.313 e. The van der Waals surface area contributed by atoms with Crippen LogP contribution >= 0.6 is 27.5 Å². The van der Waals surface area contributed by atoms with Crippen molar-refractivity contribution in [1.29, 1.82) is 0 Å². The number of nitrogens with one attached hydrogen (secondary N) is 1. The number of nitro groups is 1. The number of aryl methyl sites for hydroxylation is 1. The molecule has 0 saturated carbocycles. The first-order chi connectivity index (χ1) is 19.1. The topological polar surface area (TPSA) is 129 Å². The monoisotopic (exact) mass is 625 g/mol. The second kappa shape index (κ2) is 12.4. The zero-order valence-electron chi connectivity index (χ0n) is 21.9. The predicted octanol–water partition coefficient (Wildman–Crippen LogP) is 6.44. The lowest BCUT2D eigenvalue weighted by Gasteiger charge is -2.14. The Balaban J connectivity index is 1.75. The molecule has 1 amide bonds. The third-order valence-corrected chi connectivity index (χ3v) is 6.94. The van der Waals surface area contributed by atoms with Crippen LogP contribution in [-0.2, 0) is 4.79 Å². The van der Waals surface area contributed by atoms with E-state index in [9.17, 15) is 19.7 Å². The lowest BCUT2D eigenvalue weighted by molar-refractivity contribution is -0.385. The number of amides is 1. The molecular weight excluding hydrogens is 602 g/mol. The van der Waals surface area contributed by atoms with E-state index in [0.29, 0.717) is 33.3 Å². The van der Waals surface area contributed by atoms with E-state index < -0.39 is 28.7 Å². The number of aromatic nitrogens is 2. The maximum atomic E-state index is 13.5. The third-order valence-electron chi connectivity index (χ3n) is 6.23. The van der Waals surface area contributed by atoms with Crippen LogP contribution in [0.5, 0.6) is 5.75 Å². The van der Waals surface area contributed by atoms with E-state index in [2.05, 4.69) is 31.3 Å². The summed E-state index contributed by atoms with van der Waals surface area (Å²) in [6.07, 6.45) is 1.93. The number of carbonyl (C=O) groups excluding carboxylic acids is 1. The van der Waals surface area contributed by atoms with Crippen molar-refractivity contribution in [2.75, 3.05) is 11.9 Å². The average Bonchev–Trinajstić information content (AvgIpc) is 2.92. The van der Waals surface area contributed by atoms with Gasteiger partial charge in [0, 0.05) is 32.7 Å². The summed E-state index contributed by atoms with van der Waals surface area (Å²) in [5.41, 5.74) is 1.22. The molecule has 206 valence electrons. The summed E-state index contributed by atoms with van der Waals surface area (Å²) in [5.74, 6) is -0.420. The number of carbonyl (C=O) groups is 1. The molecule has 3 aromatic carbocycles. The number of ether oxygens (including phenoxy) is 1. The molecule has 4 rings (SSSR count). The fraction of sp³-hybridized carbons (Fsp3) is 0.214. The summed E-state index contributed by atoms with van der Waals surface area (Å²) in [7, 11) is 0. The predicted molar refractivity (Wildman–Crippen MR) is 159 cm³/mol. The molecule has 1 atom stereocenters. The van der Waals surface area contributed by atoms with Gasteiger partial charge in [-0.25, -0.2) is 4.98 Å². The number of anilines is 1. The van der Waals surface area contributed by atoms with Crippen LogP contribution in [0.1, 0.15) is 43.1 Å². The second-order valence-electron chi connectivity index (χ2n) is 9.05. The van der Waals surface area contributed by atoms with E-state index in [-0.39, 0.29) is 22.3 Å². The standard InChI is InChI=1S/C28H25BrClN5O5/c1-4-16(2)27-33-23-10-9-19(29)12-21(23)28(37)34(27)31-14-18-11-20(30)13-24(35(38)39)26(18)40-15-25(36)32-22-8-6-5-7-17(22)3/h5-14,16H,4,15H2,1-3H3,(H,32,36)/t16-/m1/s1. The van der Waals surface area contributed by atoms with Crippen molar-refractivity contribution in [1.82, 2.24) is 9.66 Å². The molecule has 0 aliphatic rings. The molecule has 0 aliphatic carbocycles. The molecule has 4 aromatic rings. The highest BCUT2D eigenvalue weighted by atomic mass is 79.9. The van der Waals surface area contributed by atoms with Gasteiger partial charge >= 0.3 is 5.69 Å². The van der Waals surface area contributed by atoms with Gasteiger partial charge in [0.25, 0.3) is 11.5 Å². The number of hydrogen-bond acceptors (Lipinski definition) is 7. The van der Waals surface area contributed by atoms with E-state index in [1.807, 2.05) is 32.9 Å². The van der Waals surface area contributed by atoms with Crippen LogP contribution in [0.25, 0.3) is 10.9 Å². The van der Waals surface area contributed by atoms with E-state index in [1.165, 1.54) is 17.0 Å². The minimum absolute atomic E-state index is 0.0555. The van der Waals surface area contributed by atoms with E-state index in [0.717, 1.165) is 11.6 Å². The molecule has 0 bridgehead atoms. The number of nitrogens with zero attached hydrogens (tertiary/aromatic N) is 4. The van der Waals surface area contributed by atoms with E-state index >= 15 is 0 Å². The Morgan fingerprint density at radius 1 is 1.27 bits per heavy atom. The molecule has 0 radical (unpaired) electrons. The first kappa shape index (κ1) is 28.9. The van der Waals surface area contributed by atoms with Gasteiger partial charge in [-0.1, -0.05) is 59.6 Å². The average molecular weight is 627 g/mol. The Morgan fingerprint density at radius 3 is 2.73 bits per heavy atom. The van der Waals surface area contributed by atoms with E-state index in [1.54, 1.807) is 30.3 Å². The molecule has 40 heavy (non-hydrogen) atoms. The molecule has 0 fully saturated rings. The van der Waals surface area contributed by atoms with Gasteiger partial charge in [-0.15, -0.1) is 0 Å². The van der Waals surface area contributed by atoms with Crippen molar-refractivity contribution < 1.29 is 14.5 Å². The zero-order chi connectivity index (χ0) is 29.0. The van der Waals surface area contributed by atoms with Gasteiger partial charge < -0.3 is 10.1 Å². The molecule has 1 heterocycles. The number of hydrogen-bond donors (Lipinski definition) is 1. The largest absolute Gasteiger partial charge is 0.476 e. The van der Waals surface area contributed by atoms with Gasteiger partial charge in [-0.2, -0.15) is 9.78 Å². The minimum Gasteiger partial charge on any atom is -0.476 e. The van der Waals surface area contributed by atoms with E-state index in [4.69, 9.17) is 16.3 Å². The summed E-state index contributed by atoms with van der Waals surface area (Å²) in [6, 6.07) is 14.9. The van der Waals surface area contributed by atoms with Gasteiger partial charge in [-0.05, 0) is 49.2 Å². The molecule has 0 unspecified atom stereocenters. The van der Waals surface area contributed by atoms with Crippen LogP contribution < -0.4 is 15.6 Å². The Morgan fingerprint density at radius 2 is 2.02 bits per heavy atom. The fourth-order valence-electron chi connectivity index (χ4n) is 3.92.